The molecule has 1 aliphatic rings. The Morgan fingerprint density at radius 3 is 2.33 bits per heavy atom. The third-order valence-electron chi connectivity index (χ3n) is 3.07. The van der Waals surface area contributed by atoms with Gasteiger partial charge in [-0.05, 0) is 0 Å². The summed E-state index contributed by atoms with van der Waals surface area (Å²) < 4.78 is 13.5. The third-order valence-corrected chi connectivity index (χ3v) is 3.07. The average Bonchev–Trinajstić information content (AvgIpc) is 2.60. The highest BCUT2D eigenvalue weighted by atomic mass is 16.6. The summed E-state index contributed by atoms with van der Waals surface area (Å²) in [7, 11) is 1.66. The standard InChI is InChI=1S/C13H23BN2O2/c1-12(2,3)11-10(7-16(6)15-11)14-17-8-13(4,5)9-18-14/h7H,8-9H2,1-6H3. The maximum atomic E-state index is 5.85. The van der Waals surface area contributed by atoms with Gasteiger partial charge in [0.15, 0.2) is 0 Å². The summed E-state index contributed by atoms with van der Waals surface area (Å²) in [6.45, 7) is 12.2. The van der Waals surface area contributed by atoms with Crippen LogP contribution in [-0.4, -0.2) is 30.1 Å². The highest BCUT2D eigenvalue weighted by Gasteiger charge is 2.38. The molecule has 4 nitrogen and oxygen atoms in total. The second-order valence-corrected chi connectivity index (χ2v) is 6.97. The lowest BCUT2D eigenvalue weighted by molar-refractivity contribution is 0.0342. The Labute approximate surface area is 110 Å². The molecular weight excluding hydrogens is 227 g/mol. The molecule has 2 heterocycles. The van der Waals surface area contributed by atoms with Crippen LogP contribution >= 0.6 is 0 Å². The van der Waals surface area contributed by atoms with Crippen LogP contribution in [-0.2, 0) is 21.8 Å². The first-order valence-electron chi connectivity index (χ1n) is 6.46. The van der Waals surface area contributed by atoms with Gasteiger partial charge in [0.2, 0.25) is 0 Å². The molecule has 1 saturated heterocycles. The number of nitrogens with zero attached hydrogens (tertiary/aromatic N) is 2. The molecule has 0 radical (unpaired) electrons. The zero-order valence-corrected chi connectivity index (χ0v) is 12.3. The second kappa shape index (κ2) is 4.39. The van der Waals surface area contributed by atoms with Gasteiger partial charge in [0.1, 0.15) is 0 Å². The molecule has 2 rings (SSSR count). The molecule has 18 heavy (non-hydrogen) atoms. The lowest BCUT2D eigenvalue weighted by Crippen LogP contribution is -2.49. The van der Waals surface area contributed by atoms with Crippen LogP contribution in [0, 0.1) is 5.41 Å². The van der Waals surface area contributed by atoms with Gasteiger partial charge in [0, 0.05) is 42.8 Å². The number of rotatable bonds is 1. The van der Waals surface area contributed by atoms with E-state index in [1.54, 1.807) is 0 Å². The molecule has 0 atom stereocenters. The van der Waals surface area contributed by atoms with E-state index in [0.29, 0.717) is 0 Å². The number of hydrogen-bond donors (Lipinski definition) is 0. The van der Waals surface area contributed by atoms with E-state index in [-0.39, 0.29) is 17.9 Å². The molecule has 0 N–H and O–H groups in total. The lowest BCUT2D eigenvalue weighted by Gasteiger charge is -2.33. The molecule has 0 spiro atoms. The van der Waals surface area contributed by atoms with Gasteiger partial charge in [-0.3, -0.25) is 4.68 Å². The summed E-state index contributed by atoms with van der Waals surface area (Å²) in [6.07, 6.45) is 2.00. The Balaban J connectivity index is 2.24. The van der Waals surface area contributed by atoms with E-state index in [1.807, 2.05) is 17.9 Å². The smallest absolute Gasteiger partial charge is 0.407 e. The minimum atomic E-state index is -0.277. The fraction of sp³-hybridized carbons (Fsp3) is 0.769. The van der Waals surface area contributed by atoms with Gasteiger partial charge in [-0.2, -0.15) is 5.10 Å². The predicted octanol–water partition coefficient (Wildman–Crippen LogP) is 1.49. The fourth-order valence-corrected chi connectivity index (χ4v) is 2.13. The van der Waals surface area contributed by atoms with Gasteiger partial charge in [-0.1, -0.05) is 34.6 Å². The summed E-state index contributed by atoms with van der Waals surface area (Å²) in [5, 5.41) is 4.55. The first kappa shape index (κ1) is 13.6. The van der Waals surface area contributed by atoms with Crippen LogP contribution in [0.5, 0.6) is 0 Å². The number of hydrogen-bond acceptors (Lipinski definition) is 3. The number of aryl methyl sites for hydroxylation is 1. The van der Waals surface area contributed by atoms with Crippen LogP contribution < -0.4 is 5.46 Å². The minimum Gasteiger partial charge on any atom is -0.407 e. The van der Waals surface area contributed by atoms with Crippen molar-refractivity contribution in [2.45, 2.75) is 40.0 Å². The van der Waals surface area contributed by atoms with Crippen LogP contribution in [0.1, 0.15) is 40.3 Å². The van der Waals surface area contributed by atoms with E-state index >= 15 is 0 Å². The SMILES string of the molecule is Cn1cc(B2OCC(C)(C)CO2)c(C(C)(C)C)n1. The first-order valence-corrected chi connectivity index (χ1v) is 6.46. The van der Waals surface area contributed by atoms with Crippen molar-refractivity contribution in [3.63, 3.8) is 0 Å². The molecular formula is C13H23BN2O2. The summed E-state index contributed by atoms with van der Waals surface area (Å²) in [4.78, 5) is 0. The molecule has 0 bridgehead atoms. The Hall–Kier alpha value is -0.805. The quantitative estimate of drug-likeness (QED) is 0.708. The largest absolute Gasteiger partial charge is 0.497 e. The van der Waals surface area contributed by atoms with Crippen molar-refractivity contribution in [1.29, 1.82) is 0 Å². The van der Waals surface area contributed by atoms with Gasteiger partial charge in [-0.15, -0.1) is 0 Å². The molecule has 1 aromatic rings. The zero-order chi connectivity index (χ0) is 13.6. The molecule has 0 unspecified atom stereocenters. The van der Waals surface area contributed by atoms with E-state index in [9.17, 15) is 0 Å². The summed E-state index contributed by atoms with van der Waals surface area (Å²) in [5.74, 6) is 0. The van der Waals surface area contributed by atoms with Crippen molar-refractivity contribution in [1.82, 2.24) is 9.78 Å². The van der Waals surface area contributed by atoms with E-state index in [1.165, 1.54) is 0 Å². The molecule has 0 aromatic carbocycles. The monoisotopic (exact) mass is 250 g/mol. The van der Waals surface area contributed by atoms with Crippen LogP contribution in [0.15, 0.2) is 6.20 Å². The van der Waals surface area contributed by atoms with Crippen molar-refractivity contribution >= 4 is 12.6 Å². The van der Waals surface area contributed by atoms with E-state index in [2.05, 4.69) is 39.7 Å². The molecule has 1 fully saturated rings. The van der Waals surface area contributed by atoms with Crippen molar-refractivity contribution < 1.29 is 9.31 Å². The van der Waals surface area contributed by atoms with Crippen LogP contribution in [0.25, 0.3) is 0 Å². The van der Waals surface area contributed by atoms with Gasteiger partial charge < -0.3 is 9.31 Å². The van der Waals surface area contributed by atoms with E-state index in [0.717, 1.165) is 24.4 Å². The van der Waals surface area contributed by atoms with E-state index in [4.69, 9.17) is 9.31 Å². The van der Waals surface area contributed by atoms with Gasteiger partial charge in [-0.25, -0.2) is 0 Å². The Kier molecular flexibility index (Phi) is 3.32. The van der Waals surface area contributed by atoms with Crippen molar-refractivity contribution in [2.24, 2.45) is 12.5 Å². The molecule has 1 aromatic heterocycles. The van der Waals surface area contributed by atoms with Crippen LogP contribution in [0.2, 0.25) is 0 Å². The zero-order valence-electron chi connectivity index (χ0n) is 12.3. The lowest BCUT2D eigenvalue weighted by atomic mass is 9.72. The van der Waals surface area contributed by atoms with Crippen molar-refractivity contribution in [3.8, 4) is 0 Å². The fourth-order valence-electron chi connectivity index (χ4n) is 2.13. The van der Waals surface area contributed by atoms with Crippen molar-refractivity contribution in [3.05, 3.63) is 11.9 Å². The second-order valence-electron chi connectivity index (χ2n) is 6.97. The Morgan fingerprint density at radius 1 is 1.28 bits per heavy atom. The number of aromatic nitrogens is 2. The first-order chi connectivity index (χ1) is 8.19. The topological polar surface area (TPSA) is 36.3 Å². The van der Waals surface area contributed by atoms with Gasteiger partial charge in [0.25, 0.3) is 0 Å². The molecule has 0 saturated carbocycles. The summed E-state index contributed by atoms with van der Waals surface area (Å²) in [6, 6.07) is 0. The maximum Gasteiger partial charge on any atom is 0.497 e. The van der Waals surface area contributed by atoms with Crippen LogP contribution in [0.3, 0.4) is 0 Å². The molecule has 5 heteroatoms. The summed E-state index contributed by atoms with van der Waals surface area (Å²) >= 11 is 0. The van der Waals surface area contributed by atoms with Gasteiger partial charge in [0.05, 0.1) is 5.69 Å². The van der Waals surface area contributed by atoms with Crippen molar-refractivity contribution in [2.75, 3.05) is 13.2 Å². The molecule has 0 aliphatic carbocycles. The highest BCUT2D eigenvalue weighted by Crippen LogP contribution is 2.24. The van der Waals surface area contributed by atoms with Crippen LogP contribution in [0.4, 0.5) is 0 Å². The average molecular weight is 250 g/mol. The predicted molar refractivity (Wildman–Crippen MR) is 73.0 cm³/mol. The maximum absolute atomic E-state index is 5.85. The minimum absolute atomic E-state index is 0.00369. The molecule has 1 aliphatic heterocycles. The van der Waals surface area contributed by atoms with Gasteiger partial charge >= 0.3 is 7.12 Å². The Morgan fingerprint density at radius 2 is 1.83 bits per heavy atom. The summed E-state index contributed by atoms with van der Waals surface area (Å²) in [5.41, 5.74) is 2.20. The molecule has 0 amide bonds. The normalized spacial score (nSPS) is 20.2. The Bertz CT molecular complexity index is 425. The molecule has 100 valence electrons. The third kappa shape index (κ3) is 2.78. The van der Waals surface area contributed by atoms with E-state index < -0.39 is 0 Å². The highest BCUT2D eigenvalue weighted by molar-refractivity contribution is 6.61.